The van der Waals surface area contributed by atoms with Gasteiger partial charge in [0.15, 0.2) is 5.76 Å². The van der Waals surface area contributed by atoms with E-state index in [1.807, 2.05) is 32.0 Å². The molecule has 90 valence electrons. The molecule has 0 aliphatic heterocycles. The van der Waals surface area contributed by atoms with Gasteiger partial charge in [-0.2, -0.15) is 0 Å². The molecule has 1 aromatic carbocycles. The van der Waals surface area contributed by atoms with Crippen LogP contribution in [0.5, 0.6) is 0 Å². The van der Waals surface area contributed by atoms with Crippen molar-refractivity contribution in [1.29, 1.82) is 0 Å². The quantitative estimate of drug-likeness (QED) is 0.904. The van der Waals surface area contributed by atoms with Gasteiger partial charge in [-0.15, -0.1) is 0 Å². The fourth-order valence-corrected chi connectivity index (χ4v) is 1.80. The largest absolute Gasteiger partial charge is 0.439 e. The summed E-state index contributed by atoms with van der Waals surface area (Å²) in [5, 5.41) is 3.92. The second-order valence-corrected chi connectivity index (χ2v) is 4.22. The van der Waals surface area contributed by atoms with Gasteiger partial charge in [0.2, 0.25) is 5.89 Å². The highest BCUT2D eigenvalue weighted by atomic mass is 35.5. The minimum absolute atomic E-state index is 0.649. The minimum atomic E-state index is 0.649. The van der Waals surface area contributed by atoms with E-state index in [1.54, 1.807) is 6.20 Å². The number of benzene rings is 1. The van der Waals surface area contributed by atoms with Crippen LogP contribution in [0, 0.1) is 6.92 Å². The van der Waals surface area contributed by atoms with Gasteiger partial charge in [-0.1, -0.05) is 30.7 Å². The first-order chi connectivity index (χ1) is 8.22. The van der Waals surface area contributed by atoms with Gasteiger partial charge in [0.25, 0.3) is 0 Å². The molecule has 0 unspecified atom stereocenters. The van der Waals surface area contributed by atoms with Gasteiger partial charge in [0.05, 0.1) is 12.7 Å². The van der Waals surface area contributed by atoms with Gasteiger partial charge in [-0.05, 0) is 25.1 Å². The highest BCUT2D eigenvalue weighted by molar-refractivity contribution is 6.31. The van der Waals surface area contributed by atoms with Crippen molar-refractivity contribution in [1.82, 2.24) is 10.3 Å². The van der Waals surface area contributed by atoms with Crippen LogP contribution in [0.25, 0.3) is 11.3 Å². The Hall–Kier alpha value is -1.32. The predicted molar refractivity (Wildman–Crippen MR) is 69.1 cm³/mol. The number of nitrogens with one attached hydrogen (secondary N) is 1. The average Bonchev–Trinajstić information content (AvgIpc) is 2.78. The molecule has 0 saturated heterocycles. The fourth-order valence-electron chi connectivity index (χ4n) is 1.62. The summed E-state index contributed by atoms with van der Waals surface area (Å²) in [7, 11) is 0. The van der Waals surface area contributed by atoms with Crippen LogP contribution in [0.1, 0.15) is 18.4 Å². The molecule has 4 heteroatoms. The lowest BCUT2D eigenvalue weighted by atomic mass is 10.1. The second kappa shape index (κ2) is 5.34. The molecule has 3 nitrogen and oxygen atoms in total. The molecule has 0 atom stereocenters. The number of hydrogen-bond donors (Lipinski definition) is 1. The number of nitrogens with zero attached hydrogens (tertiary/aromatic N) is 1. The van der Waals surface area contributed by atoms with Crippen LogP contribution in [0.15, 0.2) is 28.8 Å². The topological polar surface area (TPSA) is 38.1 Å². The molecule has 0 saturated carbocycles. The third-order valence-corrected chi connectivity index (χ3v) is 3.02. The summed E-state index contributed by atoms with van der Waals surface area (Å²) in [5.41, 5.74) is 2.01. The lowest BCUT2D eigenvalue weighted by Gasteiger charge is -2.03. The molecular weight excluding hydrogens is 236 g/mol. The Balaban J connectivity index is 2.27. The minimum Gasteiger partial charge on any atom is -0.439 e. The van der Waals surface area contributed by atoms with Crippen LogP contribution in [0.2, 0.25) is 5.02 Å². The van der Waals surface area contributed by atoms with Gasteiger partial charge in [-0.3, -0.25) is 0 Å². The summed E-state index contributed by atoms with van der Waals surface area (Å²) in [4.78, 5) is 4.23. The maximum atomic E-state index is 6.08. The van der Waals surface area contributed by atoms with E-state index < -0.39 is 0 Å². The summed E-state index contributed by atoms with van der Waals surface area (Å²) < 4.78 is 5.68. The van der Waals surface area contributed by atoms with Crippen molar-refractivity contribution >= 4 is 11.6 Å². The van der Waals surface area contributed by atoms with E-state index in [0.29, 0.717) is 12.4 Å². The molecule has 0 spiro atoms. The molecule has 0 aliphatic carbocycles. The third kappa shape index (κ3) is 2.68. The monoisotopic (exact) mass is 250 g/mol. The van der Waals surface area contributed by atoms with Crippen LogP contribution in [-0.4, -0.2) is 11.5 Å². The lowest BCUT2D eigenvalue weighted by Crippen LogP contribution is -2.11. The Morgan fingerprint density at radius 2 is 2.24 bits per heavy atom. The van der Waals surface area contributed by atoms with Crippen LogP contribution >= 0.6 is 11.6 Å². The van der Waals surface area contributed by atoms with Gasteiger partial charge >= 0.3 is 0 Å². The Morgan fingerprint density at radius 3 is 3.00 bits per heavy atom. The summed E-state index contributed by atoms with van der Waals surface area (Å²) >= 11 is 6.08. The van der Waals surface area contributed by atoms with Crippen molar-refractivity contribution in [2.24, 2.45) is 0 Å². The van der Waals surface area contributed by atoms with Crippen molar-refractivity contribution < 1.29 is 4.42 Å². The van der Waals surface area contributed by atoms with E-state index in [2.05, 4.69) is 10.3 Å². The molecule has 1 aromatic heterocycles. The number of rotatable bonds is 4. The molecule has 1 N–H and O–H groups in total. The van der Waals surface area contributed by atoms with E-state index in [9.17, 15) is 0 Å². The summed E-state index contributed by atoms with van der Waals surface area (Å²) in [6.45, 7) is 5.57. The van der Waals surface area contributed by atoms with Gasteiger partial charge < -0.3 is 9.73 Å². The lowest BCUT2D eigenvalue weighted by molar-refractivity contribution is 0.482. The zero-order chi connectivity index (χ0) is 12.3. The van der Waals surface area contributed by atoms with E-state index in [1.165, 1.54) is 0 Å². The maximum absolute atomic E-state index is 6.08. The van der Waals surface area contributed by atoms with Crippen molar-refractivity contribution in [3.8, 4) is 11.3 Å². The van der Waals surface area contributed by atoms with Crippen molar-refractivity contribution in [2.75, 3.05) is 6.54 Å². The molecular formula is C13H15ClN2O. The maximum Gasteiger partial charge on any atom is 0.208 e. The molecule has 2 rings (SSSR count). The standard InChI is InChI=1S/C13H15ClN2O/c1-3-15-8-13-16-7-12(17-13)10-5-4-6-11(14)9(10)2/h4-7,15H,3,8H2,1-2H3. The second-order valence-electron chi connectivity index (χ2n) is 3.81. The van der Waals surface area contributed by atoms with Crippen molar-refractivity contribution in [2.45, 2.75) is 20.4 Å². The van der Waals surface area contributed by atoms with Crippen molar-refractivity contribution in [3.05, 3.63) is 40.9 Å². The zero-order valence-corrected chi connectivity index (χ0v) is 10.7. The summed E-state index contributed by atoms with van der Waals surface area (Å²) in [5.74, 6) is 1.46. The van der Waals surface area contributed by atoms with Gasteiger partial charge in [0.1, 0.15) is 0 Å². The fraction of sp³-hybridized carbons (Fsp3) is 0.308. The number of hydrogen-bond acceptors (Lipinski definition) is 3. The van der Waals surface area contributed by atoms with E-state index in [0.717, 1.165) is 28.5 Å². The molecule has 0 bridgehead atoms. The summed E-state index contributed by atoms with van der Waals surface area (Å²) in [6, 6.07) is 5.77. The van der Waals surface area contributed by atoms with E-state index in [4.69, 9.17) is 16.0 Å². The third-order valence-electron chi connectivity index (χ3n) is 2.61. The van der Waals surface area contributed by atoms with Gasteiger partial charge in [0, 0.05) is 10.6 Å². The molecule has 0 fully saturated rings. The normalized spacial score (nSPS) is 10.8. The van der Waals surface area contributed by atoms with Crippen LogP contribution in [-0.2, 0) is 6.54 Å². The molecule has 0 aliphatic rings. The van der Waals surface area contributed by atoms with Crippen LogP contribution < -0.4 is 5.32 Å². The molecule has 0 amide bonds. The first kappa shape index (κ1) is 12.1. The average molecular weight is 251 g/mol. The molecule has 2 aromatic rings. The Kier molecular flexibility index (Phi) is 3.82. The van der Waals surface area contributed by atoms with Crippen molar-refractivity contribution in [3.63, 3.8) is 0 Å². The van der Waals surface area contributed by atoms with E-state index in [-0.39, 0.29) is 0 Å². The molecule has 17 heavy (non-hydrogen) atoms. The van der Waals surface area contributed by atoms with E-state index >= 15 is 0 Å². The smallest absolute Gasteiger partial charge is 0.208 e. The number of halogens is 1. The van der Waals surface area contributed by atoms with Crippen LogP contribution in [0.3, 0.4) is 0 Å². The van der Waals surface area contributed by atoms with Gasteiger partial charge in [-0.25, -0.2) is 4.98 Å². The first-order valence-electron chi connectivity index (χ1n) is 5.63. The highest BCUT2D eigenvalue weighted by Crippen LogP contribution is 2.28. The number of oxazole rings is 1. The number of aromatic nitrogens is 1. The van der Waals surface area contributed by atoms with Crippen LogP contribution in [0.4, 0.5) is 0 Å². The Bertz CT molecular complexity index is 508. The SMILES string of the molecule is CCNCc1ncc(-c2cccc(Cl)c2C)o1. The zero-order valence-electron chi connectivity index (χ0n) is 9.96. The summed E-state index contributed by atoms with van der Waals surface area (Å²) in [6.07, 6.45) is 1.74. The highest BCUT2D eigenvalue weighted by Gasteiger charge is 2.09. The molecule has 0 radical (unpaired) electrons. The predicted octanol–water partition coefficient (Wildman–Crippen LogP) is 3.41. The molecule has 1 heterocycles. The first-order valence-corrected chi connectivity index (χ1v) is 6.01. The Labute approximate surface area is 106 Å². The Morgan fingerprint density at radius 1 is 1.41 bits per heavy atom.